The average Bonchev–Trinajstić information content (AvgIpc) is 3.25. The Kier molecular flexibility index (Phi) is 9.57. The third-order valence-corrected chi connectivity index (χ3v) is 9.61. The third-order valence-electron chi connectivity index (χ3n) is 5.69. The third kappa shape index (κ3) is 5.68. The molecule has 180 valence electrons. The fourth-order valence-corrected chi connectivity index (χ4v) is 7.50. The molecule has 3 unspecified atom stereocenters. The number of aliphatic carboxylic acids is 1. The zero-order valence-corrected chi connectivity index (χ0v) is 23.3. The molecule has 0 aliphatic carbocycles. The van der Waals surface area contributed by atoms with Crippen LogP contribution in [-0.4, -0.2) is 87.4 Å². The average molecular weight is 538 g/mol. The first-order valence-electron chi connectivity index (χ1n) is 10.4. The molecule has 2 amide bonds. The van der Waals surface area contributed by atoms with Crippen LogP contribution in [0.2, 0.25) is 0 Å². The molecule has 3 aliphatic heterocycles. The van der Waals surface area contributed by atoms with Gasteiger partial charge in [0, 0.05) is 30.0 Å². The van der Waals surface area contributed by atoms with Gasteiger partial charge in [0.2, 0.25) is 5.91 Å². The summed E-state index contributed by atoms with van der Waals surface area (Å²) in [5, 5.41) is 19.9. The van der Waals surface area contributed by atoms with Crippen LogP contribution in [0.1, 0.15) is 25.0 Å². The fraction of sp³-hybridized carbons (Fsp3) is 0.632. The first-order valence-corrected chi connectivity index (χ1v) is 13.3. The number of hydrogen-bond donors (Lipinski definition) is 2. The summed E-state index contributed by atoms with van der Waals surface area (Å²) in [7, 11) is 1.30. The Labute approximate surface area is 231 Å². The summed E-state index contributed by atoms with van der Waals surface area (Å²) >= 11 is 3.75. The van der Waals surface area contributed by atoms with Crippen molar-refractivity contribution in [2.45, 2.75) is 41.5 Å². The Hall–Kier alpha value is -1.03. The van der Waals surface area contributed by atoms with E-state index in [-0.39, 0.29) is 75.8 Å². The minimum Gasteiger partial charge on any atom is -0.549 e. The van der Waals surface area contributed by atoms with Crippen LogP contribution in [0.15, 0.2) is 10.5 Å². The number of oxime groups is 1. The van der Waals surface area contributed by atoms with E-state index in [9.17, 15) is 19.5 Å². The Morgan fingerprint density at radius 1 is 1.50 bits per heavy atom. The van der Waals surface area contributed by atoms with Gasteiger partial charge < -0.3 is 35.4 Å². The summed E-state index contributed by atoms with van der Waals surface area (Å²) in [5.41, 5.74) is 5.79. The molecule has 3 fully saturated rings. The van der Waals surface area contributed by atoms with Crippen LogP contribution in [0.3, 0.4) is 0 Å². The van der Waals surface area contributed by atoms with E-state index in [4.69, 9.17) is 15.3 Å². The van der Waals surface area contributed by atoms with E-state index < -0.39 is 22.7 Å². The summed E-state index contributed by atoms with van der Waals surface area (Å²) in [6, 6.07) is -0.799. The number of ether oxygens (including phenoxy) is 1. The van der Waals surface area contributed by atoms with Gasteiger partial charge in [-0.05, 0) is 19.3 Å². The van der Waals surface area contributed by atoms with Crippen molar-refractivity contribution in [3.8, 4) is 0 Å². The molecule has 1 aromatic heterocycles. The Morgan fingerprint density at radius 2 is 2.29 bits per heavy atom. The maximum Gasteiger partial charge on any atom is 1.00 e. The number of thiazole rings is 1. The monoisotopic (exact) mass is 537 g/mol. The van der Waals surface area contributed by atoms with Gasteiger partial charge in [0.15, 0.2) is 10.8 Å². The van der Waals surface area contributed by atoms with Gasteiger partial charge in [0.1, 0.15) is 24.2 Å². The number of nitrogen functional groups attached to an aromatic ring is 1. The molecule has 0 saturated carbocycles. The number of carboxylic acids is 1. The minimum atomic E-state index is -1.21. The van der Waals surface area contributed by atoms with Gasteiger partial charge in [-0.3, -0.25) is 9.59 Å². The number of fused-ring (bicyclic) bond motifs is 1. The van der Waals surface area contributed by atoms with Crippen LogP contribution in [0.4, 0.5) is 5.13 Å². The van der Waals surface area contributed by atoms with Crippen molar-refractivity contribution in [1.82, 2.24) is 15.2 Å². The minimum absolute atomic E-state index is 0. The number of nitrogens with two attached hydrogens (primary N) is 1. The molecule has 3 aliphatic rings. The largest absolute Gasteiger partial charge is 1.00 e. The van der Waals surface area contributed by atoms with Gasteiger partial charge in [-0.1, -0.05) is 5.16 Å². The molecule has 11 nitrogen and oxygen atoms in total. The molecule has 4 atom stereocenters. The molecule has 3 saturated heterocycles. The molecule has 1 aromatic rings. The zero-order valence-electron chi connectivity index (χ0n) is 18.9. The van der Waals surface area contributed by atoms with Crippen LogP contribution in [0.25, 0.3) is 0 Å². The molecule has 0 aromatic carbocycles. The number of aromatic nitrogens is 1. The van der Waals surface area contributed by atoms with E-state index in [1.54, 1.807) is 5.38 Å². The second kappa shape index (κ2) is 11.8. The van der Waals surface area contributed by atoms with Gasteiger partial charge in [-0.15, -0.1) is 34.9 Å². The number of anilines is 1. The molecular weight excluding hydrogens is 513 g/mol. The first kappa shape index (κ1) is 27.6. The van der Waals surface area contributed by atoms with Crippen LogP contribution in [0.5, 0.6) is 0 Å². The molecule has 3 N–H and O–H groups in total. The molecule has 15 heteroatoms. The topological polar surface area (TPSA) is 159 Å². The standard InChI is InChI=1S/C19H25N5O6S3.Na/c1-29-23-12(11-7-31-18(20)21-11)14(25)22-13-15(26)24-8-19(17(27)28,9-32-16(13)24)33-6-10-4-2-3-5-30-10;/h7,10,13,16H,2-6,8-9H2,1H3,(H2,20,21)(H,22,25)(H,27,28);/q;+1/p-1/t10?,13?,16-,19?;/m1./s1. The number of amides is 2. The maximum atomic E-state index is 12.8. The number of rotatable bonds is 8. The maximum absolute atomic E-state index is 12.8. The van der Waals surface area contributed by atoms with Crippen molar-refractivity contribution < 1.29 is 58.6 Å². The summed E-state index contributed by atoms with van der Waals surface area (Å²) < 4.78 is 4.50. The molecule has 4 heterocycles. The SMILES string of the molecule is CON=C(C(=O)NC1C(=O)N2CC(SCC3CCCCO3)(C(=O)[O-])CS[C@H]12)c1csc(N)n1.[Na+]. The summed E-state index contributed by atoms with van der Waals surface area (Å²) in [4.78, 5) is 47.9. The fourth-order valence-electron chi connectivity index (χ4n) is 3.91. The van der Waals surface area contributed by atoms with E-state index in [0.717, 1.165) is 30.6 Å². The van der Waals surface area contributed by atoms with Crippen LogP contribution >= 0.6 is 34.9 Å². The summed E-state index contributed by atoms with van der Waals surface area (Å²) in [5.74, 6) is -1.37. The Morgan fingerprint density at radius 3 is 2.91 bits per heavy atom. The van der Waals surface area contributed by atoms with Crippen LogP contribution < -0.4 is 45.7 Å². The first-order chi connectivity index (χ1) is 15.8. The Balaban J connectivity index is 0.00000324. The molecule has 0 bridgehead atoms. The van der Waals surface area contributed by atoms with Crippen molar-refractivity contribution in [2.75, 3.05) is 37.5 Å². The molecule has 34 heavy (non-hydrogen) atoms. The normalized spacial score (nSPS) is 28.9. The van der Waals surface area contributed by atoms with Gasteiger partial charge in [0.05, 0.1) is 16.8 Å². The number of nitrogens with one attached hydrogen (secondary N) is 1. The zero-order chi connectivity index (χ0) is 23.6. The van der Waals surface area contributed by atoms with E-state index in [1.165, 1.54) is 35.5 Å². The van der Waals surface area contributed by atoms with Crippen molar-refractivity contribution in [3.05, 3.63) is 11.1 Å². The van der Waals surface area contributed by atoms with Gasteiger partial charge >= 0.3 is 29.6 Å². The van der Waals surface area contributed by atoms with Crippen molar-refractivity contribution in [2.24, 2.45) is 5.16 Å². The smallest absolute Gasteiger partial charge is 0.549 e. The number of carbonyl (C=O) groups is 3. The van der Waals surface area contributed by atoms with Crippen LogP contribution in [0, 0.1) is 0 Å². The second-order valence-corrected chi connectivity index (χ2v) is 11.3. The van der Waals surface area contributed by atoms with E-state index in [1.807, 2.05) is 0 Å². The van der Waals surface area contributed by atoms with Crippen LogP contribution in [-0.2, 0) is 24.0 Å². The quantitative estimate of drug-likeness (QED) is 0.146. The van der Waals surface area contributed by atoms with Crippen molar-refractivity contribution in [1.29, 1.82) is 0 Å². The second-order valence-electron chi connectivity index (χ2n) is 7.89. The number of hydrogen-bond acceptors (Lipinski definition) is 12. The summed E-state index contributed by atoms with van der Waals surface area (Å²) in [6.45, 7) is 0.714. The summed E-state index contributed by atoms with van der Waals surface area (Å²) in [6.07, 6.45) is 3.00. The van der Waals surface area contributed by atoms with E-state index >= 15 is 0 Å². The predicted molar refractivity (Wildman–Crippen MR) is 124 cm³/mol. The van der Waals surface area contributed by atoms with Gasteiger partial charge in [-0.2, -0.15) is 0 Å². The van der Waals surface area contributed by atoms with E-state index in [2.05, 4.69) is 15.5 Å². The molecule has 0 spiro atoms. The number of β-lactam (4-membered cyclic amide) rings is 1. The molecule has 0 radical (unpaired) electrons. The van der Waals surface area contributed by atoms with E-state index in [0.29, 0.717) is 12.4 Å². The van der Waals surface area contributed by atoms with Crippen molar-refractivity contribution in [3.63, 3.8) is 0 Å². The molecular formula is C19H24N5NaO6S3. The van der Waals surface area contributed by atoms with Crippen molar-refractivity contribution >= 4 is 63.5 Å². The number of carboxylic acid groups (broad SMARTS) is 1. The number of nitrogens with zero attached hydrogens (tertiary/aromatic N) is 3. The Bertz CT molecular complexity index is 959. The number of thioether (sulfide) groups is 2. The predicted octanol–water partition coefficient (Wildman–Crippen LogP) is -3.73. The van der Waals surface area contributed by atoms with Gasteiger partial charge in [0.25, 0.3) is 5.91 Å². The molecule has 4 rings (SSSR count). The number of carbonyl (C=O) groups excluding carboxylic acids is 3. The van der Waals surface area contributed by atoms with Gasteiger partial charge in [-0.25, -0.2) is 4.98 Å².